The molecule has 2 aromatic carbocycles. The van der Waals surface area contributed by atoms with Gasteiger partial charge >= 0.3 is 5.97 Å². The molecule has 0 saturated carbocycles. The van der Waals surface area contributed by atoms with Crippen LogP contribution in [0.4, 0.5) is 11.4 Å². The summed E-state index contributed by atoms with van der Waals surface area (Å²) >= 11 is 0. The third-order valence-corrected chi connectivity index (χ3v) is 5.42. The quantitative estimate of drug-likeness (QED) is 0.622. The fourth-order valence-corrected chi connectivity index (χ4v) is 3.76. The van der Waals surface area contributed by atoms with E-state index in [0.29, 0.717) is 0 Å². The van der Waals surface area contributed by atoms with Gasteiger partial charge in [0.25, 0.3) is 5.91 Å². The monoisotopic (exact) mass is 409 g/mol. The fourth-order valence-electron chi connectivity index (χ4n) is 3.76. The smallest absolute Gasteiger partial charge is 0.325 e. The number of hydrazine groups is 1. The van der Waals surface area contributed by atoms with E-state index >= 15 is 0 Å². The van der Waals surface area contributed by atoms with Gasteiger partial charge in [-0.2, -0.15) is 0 Å². The lowest BCUT2D eigenvalue weighted by molar-refractivity contribution is -0.141. The van der Waals surface area contributed by atoms with Crippen LogP contribution in [-0.2, 0) is 27.2 Å². The highest BCUT2D eigenvalue weighted by atomic mass is 16.4. The number of carbonyl (C=O) groups is 3. The molecule has 3 rings (SSSR count). The molecule has 158 valence electrons. The number of benzene rings is 2. The Hall–Kier alpha value is -3.35. The van der Waals surface area contributed by atoms with Crippen LogP contribution in [-0.4, -0.2) is 28.9 Å². The molecule has 0 bridgehead atoms. The molecular weight excluding hydrogens is 382 g/mol. The van der Waals surface area contributed by atoms with Crippen LogP contribution in [0.5, 0.6) is 0 Å². The van der Waals surface area contributed by atoms with Crippen LogP contribution in [0.3, 0.4) is 0 Å². The summed E-state index contributed by atoms with van der Waals surface area (Å²) in [6.45, 7) is 5.47. The first-order valence-electron chi connectivity index (χ1n) is 10.2. The number of hydrogen-bond donors (Lipinski definition) is 3. The predicted octanol–water partition coefficient (Wildman–Crippen LogP) is 3.25. The second kappa shape index (κ2) is 8.98. The minimum atomic E-state index is -1.12. The maximum absolute atomic E-state index is 13.4. The average molecular weight is 409 g/mol. The van der Waals surface area contributed by atoms with Crippen molar-refractivity contribution in [3.63, 3.8) is 0 Å². The minimum Gasteiger partial charge on any atom is -0.480 e. The summed E-state index contributed by atoms with van der Waals surface area (Å²) in [5.74, 6) is -2.48. The lowest BCUT2D eigenvalue weighted by Gasteiger charge is -2.23. The number of nitrogens with zero attached hydrogens (tertiary/aromatic N) is 1. The van der Waals surface area contributed by atoms with Crippen molar-refractivity contribution in [2.24, 2.45) is 0 Å². The van der Waals surface area contributed by atoms with Crippen LogP contribution in [0.1, 0.15) is 49.8 Å². The molecule has 0 aliphatic carbocycles. The number of amides is 2. The normalized spacial score (nSPS) is 16.2. The molecule has 1 aliphatic rings. The second-order valence-electron chi connectivity index (χ2n) is 7.39. The van der Waals surface area contributed by atoms with Gasteiger partial charge in [0.15, 0.2) is 0 Å². The van der Waals surface area contributed by atoms with Crippen LogP contribution in [0.25, 0.3) is 0 Å². The van der Waals surface area contributed by atoms with Gasteiger partial charge in [-0.3, -0.25) is 19.8 Å². The van der Waals surface area contributed by atoms with E-state index in [9.17, 15) is 14.4 Å². The lowest BCUT2D eigenvalue weighted by Crippen LogP contribution is -2.40. The molecule has 2 amide bonds. The Morgan fingerprint density at radius 1 is 1.07 bits per heavy atom. The summed E-state index contributed by atoms with van der Waals surface area (Å²) in [5.41, 5.74) is 7.74. The standard InChI is InChI=1S/C23H27N3O4/c1-4-15-9-6-7-12-19(15)25-26-21-16(5-2)10-8-11-17(21)18(22(26)28)13-20(27)24-14(3)23(29)30/h6-12,14,18,25H,4-5,13H2,1-3H3,(H,24,27)(H,29,30)/t14-,18?/m0/s1. The minimum absolute atomic E-state index is 0.107. The number of anilines is 2. The maximum atomic E-state index is 13.4. The van der Waals surface area contributed by atoms with Crippen molar-refractivity contribution in [1.82, 2.24) is 5.32 Å². The van der Waals surface area contributed by atoms with Crippen molar-refractivity contribution in [3.05, 3.63) is 59.2 Å². The van der Waals surface area contributed by atoms with Crippen molar-refractivity contribution in [3.8, 4) is 0 Å². The zero-order chi connectivity index (χ0) is 21.8. The molecule has 0 spiro atoms. The van der Waals surface area contributed by atoms with Gasteiger partial charge in [0.1, 0.15) is 6.04 Å². The molecule has 2 atom stereocenters. The molecule has 0 saturated heterocycles. The molecule has 30 heavy (non-hydrogen) atoms. The topological polar surface area (TPSA) is 98.7 Å². The number of fused-ring (bicyclic) bond motifs is 1. The molecule has 0 aromatic heterocycles. The van der Waals surface area contributed by atoms with Crippen LogP contribution >= 0.6 is 0 Å². The fraction of sp³-hybridized carbons (Fsp3) is 0.348. The summed E-state index contributed by atoms with van der Waals surface area (Å²) in [5, 5.41) is 13.0. The molecule has 1 aliphatic heterocycles. The SMILES string of the molecule is CCc1ccccc1NN1C(=O)C(CC(=O)N[C@@H](C)C(=O)O)c2cccc(CC)c21. The van der Waals surface area contributed by atoms with E-state index in [4.69, 9.17) is 5.11 Å². The predicted molar refractivity (Wildman–Crippen MR) is 115 cm³/mol. The highest BCUT2D eigenvalue weighted by Gasteiger charge is 2.40. The van der Waals surface area contributed by atoms with Gasteiger partial charge < -0.3 is 10.4 Å². The third kappa shape index (κ3) is 4.15. The first-order valence-corrected chi connectivity index (χ1v) is 10.2. The first-order chi connectivity index (χ1) is 14.4. The second-order valence-corrected chi connectivity index (χ2v) is 7.39. The van der Waals surface area contributed by atoms with Crippen LogP contribution in [0.2, 0.25) is 0 Å². The lowest BCUT2D eigenvalue weighted by atomic mass is 9.94. The third-order valence-electron chi connectivity index (χ3n) is 5.42. The van der Waals surface area contributed by atoms with Gasteiger partial charge in [-0.1, -0.05) is 50.2 Å². The summed E-state index contributed by atoms with van der Waals surface area (Å²) in [4.78, 5) is 36.8. The largest absolute Gasteiger partial charge is 0.480 e. The van der Waals surface area contributed by atoms with Gasteiger partial charge in [0, 0.05) is 6.42 Å². The number of rotatable bonds is 8. The number of aryl methyl sites for hydroxylation is 2. The van der Waals surface area contributed by atoms with E-state index in [2.05, 4.69) is 17.7 Å². The van der Waals surface area contributed by atoms with Gasteiger partial charge in [-0.25, -0.2) is 5.01 Å². The van der Waals surface area contributed by atoms with E-state index in [1.165, 1.54) is 6.92 Å². The van der Waals surface area contributed by atoms with Crippen molar-refractivity contribution < 1.29 is 19.5 Å². The number of carboxylic acids is 1. The summed E-state index contributed by atoms with van der Waals surface area (Å²) in [7, 11) is 0. The highest BCUT2D eigenvalue weighted by Crippen LogP contribution is 2.42. The number of aliphatic carboxylic acids is 1. The Morgan fingerprint density at radius 2 is 1.73 bits per heavy atom. The number of carboxylic acid groups (broad SMARTS) is 1. The van der Waals surface area contributed by atoms with Crippen LogP contribution in [0, 0.1) is 0 Å². The molecule has 2 aromatic rings. The zero-order valence-corrected chi connectivity index (χ0v) is 17.4. The number of carbonyl (C=O) groups excluding carboxylic acids is 2. The zero-order valence-electron chi connectivity index (χ0n) is 17.4. The highest BCUT2D eigenvalue weighted by molar-refractivity contribution is 6.09. The summed E-state index contributed by atoms with van der Waals surface area (Å²) in [6, 6.07) is 12.5. The molecular formula is C23H27N3O4. The Morgan fingerprint density at radius 3 is 2.40 bits per heavy atom. The van der Waals surface area contributed by atoms with E-state index in [-0.39, 0.29) is 12.3 Å². The molecule has 1 unspecified atom stereocenters. The molecule has 7 heteroatoms. The number of para-hydroxylation sites is 2. The van der Waals surface area contributed by atoms with Gasteiger partial charge in [-0.05, 0) is 42.5 Å². The Balaban J connectivity index is 1.93. The van der Waals surface area contributed by atoms with Crippen molar-refractivity contribution >= 4 is 29.2 Å². The van der Waals surface area contributed by atoms with Gasteiger partial charge in [-0.15, -0.1) is 0 Å². The summed E-state index contributed by atoms with van der Waals surface area (Å²) < 4.78 is 0. The Labute approximate surface area is 176 Å². The van der Waals surface area contributed by atoms with E-state index in [0.717, 1.165) is 40.9 Å². The Kier molecular flexibility index (Phi) is 6.40. The van der Waals surface area contributed by atoms with Crippen LogP contribution < -0.4 is 15.8 Å². The number of nitrogens with one attached hydrogen (secondary N) is 2. The van der Waals surface area contributed by atoms with Crippen LogP contribution in [0.15, 0.2) is 42.5 Å². The molecule has 3 N–H and O–H groups in total. The average Bonchev–Trinajstić information content (AvgIpc) is 2.99. The maximum Gasteiger partial charge on any atom is 0.325 e. The molecule has 0 radical (unpaired) electrons. The van der Waals surface area contributed by atoms with Crippen molar-refractivity contribution in [1.29, 1.82) is 0 Å². The van der Waals surface area contributed by atoms with Gasteiger partial charge in [0.05, 0.1) is 17.3 Å². The van der Waals surface area contributed by atoms with E-state index in [1.807, 2.05) is 49.4 Å². The molecule has 0 fully saturated rings. The van der Waals surface area contributed by atoms with Gasteiger partial charge in [0.2, 0.25) is 5.91 Å². The Bertz CT molecular complexity index is 973. The molecule has 7 nitrogen and oxygen atoms in total. The van der Waals surface area contributed by atoms with E-state index < -0.39 is 23.8 Å². The van der Waals surface area contributed by atoms with E-state index in [1.54, 1.807) is 5.01 Å². The van der Waals surface area contributed by atoms with Crippen molar-refractivity contribution in [2.45, 2.75) is 52.0 Å². The first kappa shape index (κ1) is 21.4. The molecule has 1 heterocycles. The number of hydrogen-bond acceptors (Lipinski definition) is 4. The summed E-state index contributed by atoms with van der Waals surface area (Å²) in [6.07, 6.45) is 1.44. The van der Waals surface area contributed by atoms with Crippen molar-refractivity contribution in [2.75, 3.05) is 10.4 Å².